The fourth-order valence-corrected chi connectivity index (χ4v) is 1.11. The van der Waals surface area contributed by atoms with E-state index in [9.17, 15) is 4.39 Å². The summed E-state index contributed by atoms with van der Waals surface area (Å²) in [6.07, 6.45) is 13.8. The third-order valence-electron chi connectivity index (χ3n) is 1.91. The maximum absolute atomic E-state index is 11.7. The van der Waals surface area contributed by atoms with Crippen LogP contribution < -0.4 is 0 Å². The van der Waals surface area contributed by atoms with E-state index in [0.29, 0.717) is 6.42 Å². The van der Waals surface area contributed by atoms with Gasteiger partial charge >= 0.3 is 0 Å². The lowest BCUT2D eigenvalue weighted by molar-refractivity contribution is 0.302. The van der Waals surface area contributed by atoms with E-state index in [1.165, 1.54) is 0 Å². The van der Waals surface area contributed by atoms with Crippen molar-refractivity contribution >= 4 is 0 Å². The SMILES string of the molecule is OCC/C=C\C/C=C\CCCCCF. The van der Waals surface area contributed by atoms with E-state index in [4.69, 9.17) is 5.11 Å². The second-order valence-electron chi connectivity index (χ2n) is 3.23. The van der Waals surface area contributed by atoms with Gasteiger partial charge in [0.25, 0.3) is 0 Å². The van der Waals surface area contributed by atoms with Gasteiger partial charge in [-0.05, 0) is 32.1 Å². The Morgan fingerprint density at radius 1 is 0.857 bits per heavy atom. The van der Waals surface area contributed by atoms with Crippen LogP contribution in [0.1, 0.15) is 38.5 Å². The molecule has 82 valence electrons. The van der Waals surface area contributed by atoms with Crippen molar-refractivity contribution in [2.75, 3.05) is 13.3 Å². The first-order valence-corrected chi connectivity index (χ1v) is 5.38. The molecule has 0 saturated carbocycles. The number of hydrogen-bond acceptors (Lipinski definition) is 1. The van der Waals surface area contributed by atoms with Crippen LogP contribution in [0.2, 0.25) is 0 Å². The minimum Gasteiger partial charge on any atom is -0.396 e. The van der Waals surface area contributed by atoms with Crippen molar-refractivity contribution in [1.82, 2.24) is 0 Å². The van der Waals surface area contributed by atoms with Crippen LogP contribution in [0, 0.1) is 0 Å². The van der Waals surface area contributed by atoms with Gasteiger partial charge in [-0.2, -0.15) is 0 Å². The molecule has 0 aliphatic heterocycles. The van der Waals surface area contributed by atoms with Crippen LogP contribution in [-0.2, 0) is 0 Å². The Kier molecular flexibility index (Phi) is 11.8. The Hall–Kier alpha value is -0.630. The molecule has 0 heterocycles. The predicted octanol–water partition coefficient (Wildman–Crippen LogP) is 3.40. The first-order chi connectivity index (χ1) is 6.91. The number of aliphatic hydroxyl groups is 1. The highest BCUT2D eigenvalue weighted by Crippen LogP contribution is 2.01. The molecule has 0 fully saturated rings. The molecule has 0 amide bonds. The minimum atomic E-state index is -0.187. The highest BCUT2D eigenvalue weighted by Gasteiger charge is 1.84. The van der Waals surface area contributed by atoms with Gasteiger partial charge in [-0.1, -0.05) is 30.7 Å². The van der Waals surface area contributed by atoms with Gasteiger partial charge in [-0.15, -0.1) is 0 Å². The van der Waals surface area contributed by atoms with Gasteiger partial charge in [-0.25, -0.2) is 0 Å². The standard InChI is InChI=1S/C12H21FO/c13-11-9-7-5-3-1-2-4-6-8-10-12-14/h1-2,6,8,14H,3-5,7,9-12H2/b2-1-,8-6-. The summed E-state index contributed by atoms with van der Waals surface area (Å²) in [4.78, 5) is 0. The highest BCUT2D eigenvalue weighted by molar-refractivity contribution is 4.92. The first kappa shape index (κ1) is 13.4. The fourth-order valence-electron chi connectivity index (χ4n) is 1.11. The molecule has 0 aromatic rings. The monoisotopic (exact) mass is 200 g/mol. The van der Waals surface area contributed by atoms with Gasteiger partial charge in [0.15, 0.2) is 0 Å². The number of unbranched alkanes of at least 4 members (excludes halogenated alkanes) is 3. The average Bonchev–Trinajstić information content (AvgIpc) is 2.21. The van der Waals surface area contributed by atoms with Crippen molar-refractivity contribution in [3.05, 3.63) is 24.3 Å². The molecule has 0 aromatic carbocycles. The lowest BCUT2D eigenvalue weighted by atomic mass is 10.2. The van der Waals surface area contributed by atoms with Gasteiger partial charge in [0.05, 0.1) is 6.67 Å². The Morgan fingerprint density at radius 3 is 2.21 bits per heavy atom. The first-order valence-electron chi connectivity index (χ1n) is 5.38. The normalized spacial score (nSPS) is 11.9. The summed E-state index contributed by atoms with van der Waals surface area (Å²) < 4.78 is 11.7. The van der Waals surface area contributed by atoms with Crippen LogP contribution in [0.4, 0.5) is 4.39 Å². The van der Waals surface area contributed by atoms with E-state index in [-0.39, 0.29) is 13.3 Å². The maximum atomic E-state index is 11.7. The van der Waals surface area contributed by atoms with Crippen LogP contribution in [-0.4, -0.2) is 18.4 Å². The maximum Gasteiger partial charge on any atom is 0.0894 e. The highest BCUT2D eigenvalue weighted by atomic mass is 19.1. The summed E-state index contributed by atoms with van der Waals surface area (Å²) in [5.41, 5.74) is 0. The van der Waals surface area contributed by atoms with Crippen molar-refractivity contribution in [1.29, 1.82) is 0 Å². The largest absolute Gasteiger partial charge is 0.396 e. The molecule has 1 nitrogen and oxygen atoms in total. The second-order valence-corrected chi connectivity index (χ2v) is 3.23. The van der Waals surface area contributed by atoms with E-state index in [2.05, 4.69) is 12.2 Å². The minimum absolute atomic E-state index is 0.187. The average molecular weight is 200 g/mol. The fraction of sp³-hybridized carbons (Fsp3) is 0.667. The number of halogens is 1. The molecule has 0 aliphatic rings. The molecular formula is C12H21FO. The molecule has 0 spiro atoms. The smallest absolute Gasteiger partial charge is 0.0894 e. The molecule has 1 N–H and O–H groups in total. The Morgan fingerprint density at radius 2 is 1.57 bits per heavy atom. The van der Waals surface area contributed by atoms with E-state index in [1.54, 1.807) is 0 Å². The van der Waals surface area contributed by atoms with Crippen LogP contribution >= 0.6 is 0 Å². The number of rotatable bonds is 9. The van der Waals surface area contributed by atoms with Crippen molar-refractivity contribution in [2.24, 2.45) is 0 Å². The quantitative estimate of drug-likeness (QED) is 0.447. The number of alkyl halides is 1. The molecule has 0 aromatic heterocycles. The third kappa shape index (κ3) is 11.4. The Bertz CT molecular complexity index is 152. The van der Waals surface area contributed by atoms with Crippen molar-refractivity contribution in [3.63, 3.8) is 0 Å². The second kappa shape index (κ2) is 12.4. The van der Waals surface area contributed by atoms with E-state index >= 15 is 0 Å². The van der Waals surface area contributed by atoms with Crippen molar-refractivity contribution < 1.29 is 9.50 Å². The summed E-state index contributed by atoms with van der Waals surface area (Å²) in [5.74, 6) is 0. The molecule has 2 heteroatoms. The van der Waals surface area contributed by atoms with Gasteiger partial charge in [0, 0.05) is 6.61 Å². The lowest BCUT2D eigenvalue weighted by Gasteiger charge is -1.92. The van der Waals surface area contributed by atoms with Crippen LogP contribution in [0.25, 0.3) is 0 Å². The topological polar surface area (TPSA) is 20.2 Å². The summed E-state index contributed by atoms with van der Waals surface area (Å²) in [6, 6.07) is 0. The van der Waals surface area contributed by atoms with Crippen molar-refractivity contribution in [3.8, 4) is 0 Å². The number of allylic oxidation sites excluding steroid dienone is 3. The molecule has 14 heavy (non-hydrogen) atoms. The summed E-state index contributed by atoms with van der Waals surface area (Å²) in [5, 5.41) is 8.49. The summed E-state index contributed by atoms with van der Waals surface area (Å²) >= 11 is 0. The Labute approximate surface area is 86.3 Å². The number of hydrogen-bond donors (Lipinski definition) is 1. The zero-order valence-corrected chi connectivity index (χ0v) is 8.79. The zero-order chi connectivity index (χ0) is 10.5. The lowest BCUT2D eigenvalue weighted by Crippen LogP contribution is -1.77. The van der Waals surface area contributed by atoms with E-state index < -0.39 is 0 Å². The predicted molar refractivity (Wildman–Crippen MR) is 59.0 cm³/mol. The molecule has 0 unspecified atom stereocenters. The number of aliphatic hydroxyl groups excluding tert-OH is 1. The molecule has 0 atom stereocenters. The van der Waals surface area contributed by atoms with Gasteiger partial charge < -0.3 is 5.11 Å². The van der Waals surface area contributed by atoms with Gasteiger partial charge in [-0.3, -0.25) is 4.39 Å². The molecule has 0 aliphatic carbocycles. The molecular weight excluding hydrogens is 179 g/mol. The summed E-state index contributed by atoms with van der Waals surface area (Å²) in [6.45, 7) is 0.0387. The Balaban J connectivity index is 3.11. The summed E-state index contributed by atoms with van der Waals surface area (Å²) in [7, 11) is 0. The van der Waals surface area contributed by atoms with Gasteiger partial charge in [0.2, 0.25) is 0 Å². The van der Waals surface area contributed by atoms with E-state index in [1.807, 2.05) is 12.2 Å². The molecule has 0 saturated heterocycles. The molecule has 0 bridgehead atoms. The van der Waals surface area contributed by atoms with Gasteiger partial charge in [0.1, 0.15) is 0 Å². The van der Waals surface area contributed by atoms with Crippen LogP contribution in [0.3, 0.4) is 0 Å². The molecule has 0 radical (unpaired) electrons. The van der Waals surface area contributed by atoms with Crippen LogP contribution in [0.5, 0.6) is 0 Å². The third-order valence-corrected chi connectivity index (χ3v) is 1.91. The van der Waals surface area contributed by atoms with E-state index in [0.717, 1.165) is 32.1 Å². The van der Waals surface area contributed by atoms with Crippen LogP contribution in [0.15, 0.2) is 24.3 Å². The zero-order valence-electron chi connectivity index (χ0n) is 8.79. The molecule has 0 rings (SSSR count). The van der Waals surface area contributed by atoms with Crippen molar-refractivity contribution in [2.45, 2.75) is 38.5 Å².